The highest BCUT2D eigenvalue weighted by Gasteiger charge is 2.73. The van der Waals surface area contributed by atoms with E-state index in [0.29, 0.717) is 5.56 Å². The van der Waals surface area contributed by atoms with Crippen molar-refractivity contribution in [2.24, 2.45) is 4.99 Å². The van der Waals surface area contributed by atoms with E-state index in [-0.39, 0.29) is 18.0 Å². The minimum Gasteiger partial charge on any atom is -0.464 e. The van der Waals surface area contributed by atoms with Crippen LogP contribution in [0.2, 0.25) is 0 Å². The lowest BCUT2D eigenvalue weighted by Gasteiger charge is -2.44. The first-order valence-electron chi connectivity index (χ1n) is 7.72. The quantitative estimate of drug-likeness (QED) is 0.794. The standard InChI is InChI=1S/C18H15F3N2O2/c1-2-25-16(24)17(18(19,20)21)14(13-10-6-7-11-22-13)15(23-17)12-8-4-3-5-9-12/h3-11,14H,2H2,1H3. The molecule has 1 aromatic heterocycles. The molecular weight excluding hydrogens is 333 g/mol. The average Bonchev–Trinajstić information content (AvgIpc) is 2.55. The Balaban J connectivity index is 2.19. The van der Waals surface area contributed by atoms with Gasteiger partial charge in [0.15, 0.2) is 0 Å². The van der Waals surface area contributed by atoms with Crippen LogP contribution in [-0.2, 0) is 9.53 Å². The van der Waals surface area contributed by atoms with Crippen molar-refractivity contribution in [2.45, 2.75) is 24.6 Å². The van der Waals surface area contributed by atoms with Crippen molar-refractivity contribution in [3.05, 3.63) is 66.0 Å². The van der Waals surface area contributed by atoms with Gasteiger partial charge in [0.25, 0.3) is 5.54 Å². The summed E-state index contributed by atoms with van der Waals surface area (Å²) in [6, 6.07) is 13.1. The number of carbonyl (C=O) groups excluding carboxylic acids is 1. The number of hydrogen-bond acceptors (Lipinski definition) is 4. The van der Waals surface area contributed by atoms with Crippen molar-refractivity contribution in [1.82, 2.24) is 4.98 Å². The maximum atomic E-state index is 13.9. The van der Waals surface area contributed by atoms with Gasteiger partial charge in [-0.15, -0.1) is 0 Å². The summed E-state index contributed by atoms with van der Waals surface area (Å²) in [5.74, 6) is -2.76. The molecule has 0 aliphatic carbocycles. The van der Waals surface area contributed by atoms with Crippen LogP contribution in [0.4, 0.5) is 13.2 Å². The second-order valence-electron chi connectivity index (χ2n) is 5.54. The Morgan fingerprint density at radius 3 is 2.40 bits per heavy atom. The normalized spacial score (nSPS) is 22.7. The van der Waals surface area contributed by atoms with Crippen molar-refractivity contribution in [3.8, 4) is 0 Å². The fraction of sp³-hybridized carbons (Fsp3) is 0.278. The lowest BCUT2D eigenvalue weighted by Crippen LogP contribution is -2.64. The number of carbonyl (C=O) groups is 1. The van der Waals surface area contributed by atoms with Crippen molar-refractivity contribution in [3.63, 3.8) is 0 Å². The zero-order valence-electron chi connectivity index (χ0n) is 13.3. The van der Waals surface area contributed by atoms with E-state index >= 15 is 0 Å². The topological polar surface area (TPSA) is 51.5 Å². The van der Waals surface area contributed by atoms with Gasteiger partial charge in [-0.05, 0) is 24.6 Å². The predicted octanol–water partition coefficient (Wildman–Crippen LogP) is 3.53. The Bertz CT molecular complexity index is 791. The minimum atomic E-state index is -4.90. The molecule has 2 atom stereocenters. The van der Waals surface area contributed by atoms with Crippen molar-refractivity contribution in [1.29, 1.82) is 0 Å². The summed E-state index contributed by atoms with van der Waals surface area (Å²) in [4.78, 5) is 20.1. The van der Waals surface area contributed by atoms with E-state index in [2.05, 4.69) is 9.98 Å². The van der Waals surface area contributed by atoms with E-state index in [1.165, 1.54) is 19.2 Å². The minimum absolute atomic E-state index is 0.127. The van der Waals surface area contributed by atoms with Crippen molar-refractivity contribution in [2.75, 3.05) is 6.61 Å². The van der Waals surface area contributed by atoms with Crippen LogP contribution in [0.25, 0.3) is 0 Å². The van der Waals surface area contributed by atoms with Crippen LogP contribution in [-0.4, -0.2) is 35.0 Å². The number of hydrogen-bond donors (Lipinski definition) is 0. The monoisotopic (exact) mass is 348 g/mol. The number of alkyl halides is 3. The molecule has 1 aliphatic rings. The fourth-order valence-electron chi connectivity index (χ4n) is 2.94. The summed E-state index contributed by atoms with van der Waals surface area (Å²) in [6.07, 6.45) is -3.51. The fourth-order valence-corrected chi connectivity index (χ4v) is 2.94. The smallest absolute Gasteiger partial charge is 0.425 e. The predicted molar refractivity (Wildman–Crippen MR) is 85.4 cm³/mol. The Kier molecular flexibility index (Phi) is 4.32. The molecule has 0 fully saturated rings. The van der Waals surface area contributed by atoms with E-state index in [0.717, 1.165) is 0 Å². The average molecular weight is 348 g/mol. The van der Waals surface area contributed by atoms with Crippen LogP contribution in [0.3, 0.4) is 0 Å². The van der Waals surface area contributed by atoms with E-state index in [1.807, 2.05) is 0 Å². The van der Waals surface area contributed by atoms with Gasteiger partial charge in [0, 0.05) is 6.20 Å². The number of rotatable bonds is 4. The highest BCUT2D eigenvalue weighted by atomic mass is 19.4. The molecule has 1 aromatic carbocycles. The molecule has 25 heavy (non-hydrogen) atoms. The van der Waals surface area contributed by atoms with E-state index < -0.39 is 23.6 Å². The molecule has 0 N–H and O–H groups in total. The largest absolute Gasteiger partial charge is 0.464 e. The molecule has 0 saturated heterocycles. The molecular formula is C18H15F3N2O2. The third-order valence-corrected chi connectivity index (χ3v) is 4.06. The molecule has 3 rings (SSSR count). The number of aliphatic imine (C=N–C) groups is 1. The maximum absolute atomic E-state index is 13.9. The van der Waals surface area contributed by atoms with Gasteiger partial charge in [-0.25, -0.2) is 4.79 Å². The number of benzene rings is 1. The lowest BCUT2D eigenvalue weighted by molar-refractivity contribution is -0.210. The van der Waals surface area contributed by atoms with Gasteiger partial charge in [-0.1, -0.05) is 36.4 Å². The number of ether oxygens (including phenoxy) is 1. The maximum Gasteiger partial charge on any atom is 0.425 e. The van der Waals surface area contributed by atoms with Crippen LogP contribution in [0.1, 0.15) is 24.1 Å². The van der Waals surface area contributed by atoms with Crippen LogP contribution in [0.15, 0.2) is 59.7 Å². The Morgan fingerprint density at radius 1 is 1.16 bits per heavy atom. The summed E-state index contributed by atoms with van der Waals surface area (Å²) in [7, 11) is 0. The molecule has 0 saturated carbocycles. The first-order chi connectivity index (χ1) is 11.9. The molecule has 2 aromatic rings. The highest BCUT2D eigenvalue weighted by molar-refractivity contribution is 6.15. The van der Waals surface area contributed by atoms with Gasteiger partial charge in [-0.3, -0.25) is 9.98 Å². The van der Waals surface area contributed by atoms with E-state index in [4.69, 9.17) is 4.74 Å². The van der Waals surface area contributed by atoms with Crippen molar-refractivity contribution >= 4 is 11.7 Å². The Morgan fingerprint density at radius 2 is 1.84 bits per heavy atom. The van der Waals surface area contributed by atoms with Crippen LogP contribution >= 0.6 is 0 Å². The number of nitrogens with zero attached hydrogens (tertiary/aromatic N) is 2. The van der Waals surface area contributed by atoms with Gasteiger partial charge >= 0.3 is 12.1 Å². The summed E-state index contributed by atoms with van der Waals surface area (Å²) >= 11 is 0. The van der Waals surface area contributed by atoms with Crippen LogP contribution in [0, 0.1) is 0 Å². The molecule has 130 valence electrons. The third-order valence-electron chi connectivity index (χ3n) is 4.06. The zero-order valence-corrected chi connectivity index (χ0v) is 13.3. The molecule has 1 aliphatic heterocycles. The van der Waals surface area contributed by atoms with Crippen molar-refractivity contribution < 1.29 is 22.7 Å². The van der Waals surface area contributed by atoms with Crippen LogP contribution in [0.5, 0.6) is 0 Å². The SMILES string of the molecule is CCOC(=O)C1(C(F)(F)F)N=C(c2ccccc2)C1c1ccccn1. The Hall–Kier alpha value is -2.70. The zero-order chi connectivity index (χ0) is 18.1. The lowest BCUT2D eigenvalue weighted by atomic mass is 9.70. The van der Waals surface area contributed by atoms with E-state index in [1.54, 1.807) is 42.5 Å². The molecule has 0 amide bonds. The summed E-state index contributed by atoms with van der Waals surface area (Å²) in [5, 5.41) is 0. The first kappa shape index (κ1) is 17.1. The number of esters is 1. The molecule has 2 unspecified atom stereocenters. The van der Waals surface area contributed by atoms with Gasteiger partial charge in [-0.2, -0.15) is 13.2 Å². The number of aromatic nitrogens is 1. The molecule has 0 radical (unpaired) electrons. The summed E-state index contributed by atoms with van der Waals surface area (Å²) in [6.45, 7) is 1.29. The second-order valence-corrected chi connectivity index (χ2v) is 5.54. The summed E-state index contributed by atoms with van der Waals surface area (Å²) in [5.41, 5.74) is -2.16. The van der Waals surface area contributed by atoms with Gasteiger partial charge in [0.1, 0.15) is 0 Å². The molecule has 7 heteroatoms. The summed E-state index contributed by atoms with van der Waals surface area (Å²) < 4.78 is 46.5. The van der Waals surface area contributed by atoms with Crippen LogP contribution < -0.4 is 0 Å². The second kappa shape index (κ2) is 6.31. The Labute approximate surface area is 142 Å². The molecule has 2 heterocycles. The number of pyridine rings is 1. The molecule has 0 bridgehead atoms. The van der Waals surface area contributed by atoms with E-state index in [9.17, 15) is 18.0 Å². The number of halogens is 3. The van der Waals surface area contributed by atoms with Gasteiger partial charge < -0.3 is 4.74 Å². The molecule has 4 nitrogen and oxygen atoms in total. The van der Waals surface area contributed by atoms with Gasteiger partial charge in [0.2, 0.25) is 0 Å². The molecule has 0 spiro atoms. The highest BCUT2D eigenvalue weighted by Crippen LogP contribution is 2.52. The van der Waals surface area contributed by atoms with Gasteiger partial charge in [0.05, 0.1) is 23.9 Å². The third kappa shape index (κ3) is 2.69. The first-order valence-corrected chi connectivity index (χ1v) is 7.72.